The molecule has 1 aliphatic rings. The van der Waals surface area contributed by atoms with Gasteiger partial charge in [-0.2, -0.15) is 11.8 Å². The molecule has 1 saturated heterocycles. The fourth-order valence-electron chi connectivity index (χ4n) is 3.45. The Hall–Kier alpha value is -2.08. The molecule has 140 valence electrons. The van der Waals surface area contributed by atoms with E-state index in [0.717, 1.165) is 49.8 Å². The molecule has 0 aliphatic carbocycles. The van der Waals surface area contributed by atoms with Crippen LogP contribution in [0.5, 0.6) is 5.75 Å². The zero-order valence-electron chi connectivity index (χ0n) is 15.5. The van der Waals surface area contributed by atoms with Crippen molar-refractivity contribution in [2.24, 2.45) is 0 Å². The summed E-state index contributed by atoms with van der Waals surface area (Å²) in [5.74, 6) is 2.10. The highest BCUT2D eigenvalue weighted by Crippen LogP contribution is 2.29. The molecule has 0 radical (unpaired) electrons. The van der Waals surface area contributed by atoms with Crippen molar-refractivity contribution in [3.63, 3.8) is 0 Å². The lowest BCUT2D eigenvalue weighted by Crippen LogP contribution is -2.50. The summed E-state index contributed by atoms with van der Waals surface area (Å²) in [4.78, 5) is 17.4. The molecule has 2 aromatic rings. The Morgan fingerprint density at radius 2 is 1.81 bits per heavy atom. The maximum atomic E-state index is 13.1. The first-order chi connectivity index (χ1) is 12.7. The van der Waals surface area contributed by atoms with Gasteiger partial charge in [0.1, 0.15) is 11.8 Å². The second-order valence-electron chi connectivity index (χ2n) is 6.41. The number of rotatable bonds is 7. The number of nitrogens with zero attached hydrogens (tertiary/aromatic N) is 3. The van der Waals surface area contributed by atoms with E-state index in [0.29, 0.717) is 0 Å². The lowest BCUT2D eigenvalue weighted by molar-refractivity contribution is -0.135. The van der Waals surface area contributed by atoms with Crippen LogP contribution in [0.4, 0.5) is 5.69 Å². The maximum absolute atomic E-state index is 13.1. The number of aromatic nitrogens is 1. The van der Waals surface area contributed by atoms with Gasteiger partial charge in [-0.25, -0.2) is 0 Å². The van der Waals surface area contributed by atoms with Gasteiger partial charge in [0.15, 0.2) is 0 Å². The molecule has 0 unspecified atom stereocenters. The zero-order valence-corrected chi connectivity index (χ0v) is 16.3. The standard InChI is InChI=1S/C20H27N3O2S/c1-25-19-8-4-3-7-17(19)22-12-14-23(15-13-22)20(24)18(9-16-26-2)21-10-5-6-11-21/h3-8,10-11,18H,9,12-16H2,1-2H3/t18-/m0/s1. The third-order valence-corrected chi connectivity index (χ3v) is 5.53. The van der Waals surface area contributed by atoms with Crippen LogP contribution < -0.4 is 9.64 Å². The van der Waals surface area contributed by atoms with Gasteiger partial charge in [-0.3, -0.25) is 4.79 Å². The summed E-state index contributed by atoms with van der Waals surface area (Å²) >= 11 is 1.79. The monoisotopic (exact) mass is 373 g/mol. The molecule has 3 rings (SSSR count). The summed E-state index contributed by atoms with van der Waals surface area (Å²) in [5, 5.41) is 0. The van der Waals surface area contributed by atoms with E-state index in [4.69, 9.17) is 4.74 Å². The minimum absolute atomic E-state index is 0.102. The van der Waals surface area contributed by atoms with Crippen molar-refractivity contribution in [2.75, 3.05) is 50.2 Å². The number of anilines is 1. The predicted molar refractivity (Wildman–Crippen MR) is 108 cm³/mol. The van der Waals surface area contributed by atoms with Gasteiger partial charge in [-0.05, 0) is 42.7 Å². The molecule has 1 aromatic carbocycles. The van der Waals surface area contributed by atoms with Crippen molar-refractivity contribution in [3.05, 3.63) is 48.8 Å². The fourth-order valence-corrected chi connectivity index (χ4v) is 3.91. The lowest BCUT2D eigenvalue weighted by Gasteiger charge is -2.38. The molecular formula is C20H27N3O2S. The molecule has 0 bridgehead atoms. The molecule has 1 fully saturated rings. The van der Waals surface area contributed by atoms with Crippen molar-refractivity contribution < 1.29 is 9.53 Å². The SMILES string of the molecule is COc1ccccc1N1CCN(C(=O)[C@H](CCSC)n2cccc2)CC1. The van der Waals surface area contributed by atoms with Crippen LogP contribution in [0, 0.1) is 0 Å². The third-order valence-electron chi connectivity index (χ3n) is 4.89. The van der Waals surface area contributed by atoms with Crippen LogP contribution in [0.3, 0.4) is 0 Å². The highest BCUT2D eigenvalue weighted by molar-refractivity contribution is 7.98. The van der Waals surface area contributed by atoms with Gasteiger partial charge in [0.25, 0.3) is 0 Å². The van der Waals surface area contributed by atoms with Crippen LogP contribution in [0.1, 0.15) is 12.5 Å². The summed E-state index contributed by atoms with van der Waals surface area (Å²) < 4.78 is 7.52. The summed E-state index contributed by atoms with van der Waals surface area (Å²) in [6.07, 6.45) is 6.94. The van der Waals surface area contributed by atoms with Crippen molar-refractivity contribution >= 4 is 23.4 Å². The first-order valence-electron chi connectivity index (χ1n) is 9.02. The van der Waals surface area contributed by atoms with Crippen LogP contribution >= 0.6 is 11.8 Å². The molecular weight excluding hydrogens is 346 g/mol. The smallest absolute Gasteiger partial charge is 0.245 e. The Morgan fingerprint density at radius 3 is 2.46 bits per heavy atom. The summed E-state index contributed by atoms with van der Waals surface area (Å²) in [5.41, 5.74) is 1.10. The number of ether oxygens (including phenoxy) is 1. The lowest BCUT2D eigenvalue weighted by atomic mass is 10.1. The summed E-state index contributed by atoms with van der Waals surface area (Å²) in [6, 6.07) is 11.9. The van der Waals surface area contributed by atoms with Crippen LogP contribution in [-0.2, 0) is 4.79 Å². The molecule has 1 atom stereocenters. The number of methoxy groups -OCH3 is 1. The minimum atomic E-state index is -0.102. The number of carbonyl (C=O) groups is 1. The first kappa shape index (κ1) is 18.7. The number of benzene rings is 1. The molecule has 0 spiro atoms. The third kappa shape index (κ3) is 4.18. The fraction of sp³-hybridized carbons (Fsp3) is 0.450. The molecule has 1 amide bonds. The van der Waals surface area contributed by atoms with E-state index in [2.05, 4.69) is 17.2 Å². The molecule has 6 heteroatoms. The molecule has 5 nitrogen and oxygen atoms in total. The molecule has 2 heterocycles. The van der Waals surface area contributed by atoms with Gasteiger partial charge in [0.2, 0.25) is 5.91 Å². The van der Waals surface area contributed by atoms with Gasteiger partial charge in [-0.1, -0.05) is 12.1 Å². The van der Waals surface area contributed by atoms with Crippen molar-refractivity contribution in [1.82, 2.24) is 9.47 Å². The van der Waals surface area contributed by atoms with E-state index in [1.807, 2.05) is 52.2 Å². The summed E-state index contributed by atoms with van der Waals surface area (Å²) in [6.45, 7) is 3.14. The largest absolute Gasteiger partial charge is 0.495 e. The molecule has 26 heavy (non-hydrogen) atoms. The molecule has 0 N–H and O–H groups in total. The van der Waals surface area contributed by atoms with Crippen molar-refractivity contribution in [3.8, 4) is 5.75 Å². The normalized spacial score (nSPS) is 15.8. The van der Waals surface area contributed by atoms with Crippen LogP contribution in [0.15, 0.2) is 48.8 Å². The molecule has 1 aromatic heterocycles. The van der Waals surface area contributed by atoms with E-state index in [1.54, 1.807) is 18.9 Å². The molecule has 0 saturated carbocycles. The average Bonchev–Trinajstić information content (AvgIpc) is 3.22. The highest BCUT2D eigenvalue weighted by atomic mass is 32.2. The van der Waals surface area contributed by atoms with Gasteiger partial charge in [0, 0.05) is 38.6 Å². The van der Waals surface area contributed by atoms with E-state index in [1.165, 1.54) is 0 Å². The van der Waals surface area contributed by atoms with Crippen LogP contribution in [0.2, 0.25) is 0 Å². The van der Waals surface area contributed by atoms with Gasteiger partial charge in [-0.15, -0.1) is 0 Å². The maximum Gasteiger partial charge on any atom is 0.245 e. The Morgan fingerprint density at radius 1 is 1.12 bits per heavy atom. The van der Waals surface area contributed by atoms with E-state index >= 15 is 0 Å². The average molecular weight is 374 g/mol. The quantitative estimate of drug-likeness (QED) is 0.747. The Kier molecular flexibility index (Phi) is 6.50. The van der Waals surface area contributed by atoms with Gasteiger partial charge in [0.05, 0.1) is 12.8 Å². The van der Waals surface area contributed by atoms with Crippen LogP contribution in [-0.4, -0.2) is 60.7 Å². The van der Waals surface area contributed by atoms with E-state index < -0.39 is 0 Å². The van der Waals surface area contributed by atoms with Gasteiger partial charge < -0.3 is 19.1 Å². The van der Waals surface area contributed by atoms with Crippen molar-refractivity contribution in [2.45, 2.75) is 12.5 Å². The minimum Gasteiger partial charge on any atom is -0.495 e. The van der Waals surface area contributed by atoms with E-state index in [-0.39, 0.29) is 11.9 Å². The number of thioether (sulfide) groups is 1. The Labute approximate surface area is 159 Å². The number of hydrogen-bond donors (Lipinski definition) is 0. The second-order valence-corrected chi connectivity index (χ2v) is 7.40. The number of piperazine rings is 1. The second kappa shape index (κ2) is 9.03. The van der Waals surface area contributed by atoms with E-state index in [9.17, 15) is 4.79 Å². The first-order valence-corrected chi connectivity index (χ1v) is 10.4. The Balaban J connectivity index is 1.65. The number of carbonyl (C=O) groups excluding carboxylic acids is 1. The van der Waals surface area contributed by atoms with Crippen molar-refractivity contribution in [1.29, 1.82) is 0 Å². The zero-order chi connectivity index (χ0) is 18.4. The molecule has 1 aliphatic heterocycles. The number of hydrogen-bond acceptors (Lipinski definition) is 4. The predicted octanol–water partition coefficient (Wildman–Crippen LogP) is 3.14. The van der Waals surface area contributed by atoms with Gasteiger partial charge >= 0.3 is 0 Å². The summed E-state index contributed by atoms with van der Waals surface area (Å²) in [7, 11) is 1.70. The topological polar surface area (TPSA) is 37.7 Å². The number of para-hydroxylation sites is 2. The number of amides is 1. The van der Waals surface area contributed by atoms with Crippen LogP contribution in [0.25, 0.3) is 0 Å². The Bertz CT molecular complexity index is 697. The highest BCUT2D eigenvalue weighted by Gasteiger charge is 2.28.